The Morgan fingerprint density at radius 2 is 2.27 bits per heavy atom. The fraction of sp³-hybridized carbons (Fsp3) is 0.300. The normalized spacial score (nSPS) is 16.9. The molecule has 1 aliphatic rings. The smallest absolute Gasteiger partial charge is 0.241 e. The molecule has 2 rings (SSSR count). The van der Waals surface area contributed by atoms with Crippen molar-refractivity contribution in [3.63, 3.8) is 0 Å². The van der Waals surface area contributed by atoms with Gasteiger partial charge in [0.15, 0.2) is 0 Å². The Labute approximate surface area is 91.8 Å². The van der Waals surface area contributed by atoms with Gasteiger partial charge in [-0.25, -0.2) is 4.39 Å². The molecule has 1 aliphatic heterocycles. The summed E-state index contributed by atoms with van der Waals surface area (Å²) in [5.41, 5.74) is 0.574. The molecule has 1 heterocycles. The van der Waals surface area contributed by atoms with E-state index in [4.69, 9.17) is 11.6 Å². The number of hydrogen-bond donors (Lipinski definition) is 1. The van der Waals surface area contributed by atoms with Gasteiger partial charge in [-0.15, -0.1) is 0 Å². The summed E-state index contributed by atoms with van der Waals surface area (Å²) in [6, 6.07) is 4.05. The Balaban J connectivity index is 2.31. The summed E-state index contributed by atoms with van der Waals surface area (Å²) in [4.78, 5) is 13.1. The molecule has 1 saturated heterocycles. The van der Waals surface area contributed by atoms with Gasteiger partial charge in [0.1, 0.15) is 5.82 Å². The molecule has 5 heteroatoms. The van der Waals surface area contributed by atoms with Crippen LogP contribution in [0.2, 0.25) is 5.02 Å². The molecule has 0 bridgehead atoms. The van der Waals surface area contributed by atoms with E-state index >= 15 is 0 Å². The minimum Gasteiger partial charge on any atom is -0.309 e. The van der Waals surface area contributed by atoms with E-state index in [9.17, 15) is 9.18 Å². The van der Waals surface area contributed by atoms with E-state index in [-0.39, 0.29) is 10.9 Å². The highest BCUT2D eigenvalue weighted by Gasteiger charge is 2.21. The Kier molecular flexibility index (Phi) is 2.88. The fourth-order valence-corrected chi connectivity index (χ4v) is 1.83. The zero-order valence-corrected chi connectivity index (χ0v) is 8.72. The lowest BCUT2D eigenvalue weighted by molar-refractivity contribution is -0.118. The topological polar surface area (TPSA) is 32.3 Å². The van der Waals surface area contributed by atoms with Crippen LogP contribution in [0.4, 0.5) is 10.1 Å². The fourth-order valence-electron chi connectivity index (χ4n) is 1.56. The molecule has 15 heavy (non-hydrogen) atoms. The molecule has 0 aliphatic carbocycles. The lowest BCUT2D eigenvalue weighted by atomic mass is 10.2. The molecule has 0 spiro atoms. The van der Waals surface area contributed by atoms with Crippen LogP contribution >= 0.6 is 11.6 Å². The van der Waals surface area contributed by atoms with Gasteiger partial charge in [0, 0.05) is 13.1 Å². The van der Waals surface area contributed by atoms with Crippen LogP contribution in [0.1, 0.15) is 0 Å². The minimum atomic E-state index is -0.397. The van der Waals surface area contributed by atoms with Gasteiger partial charge in [-0.2, -0.15) is 0 Å². The van der Waals surface area contributed by atoms with Crippen LogP contribution in [-0.4, -0.2) is 25.5 Å². The molecule has 1 aromatic rings. The van der Waals surface area contributed by atoms with E-state index in [0.29, 0.717) is 18.8 Å². The third-order valence-corrected chi connectivity index (χ3v) is 2.59. The Hall–Kier alpha value is -1.13. The maximum Gasteiger partial charge on any atom is 0.241 e. The minimum absolute atomic E-state index is 0.0465. The second kappa shape index (κ2) is 4.16. The average Bonchev–Trinajstić information content (AvgIpc) is 2.20. The SMILES string of the molecule is O=C1CNCCN1c1ccc(F)cc1Cl. The summed E-state index contributed by atoms with van der Waals surface area (Å²) in [5.74, 6) is -0.443. The zero-order valence-electron chi connectivity index (χ0n) is 7.96. The van der Waals surface area contributed by atoms with Crippen molar-refractivity contribution in [3.05, 3.63) is 29.0 Å². The van der Waals surface area contributed by atoms with E-state index in [1.54, 1.807) is 4.90 Å². The van der Waals surface area contributed by atoms with Crippen molar-refractivity contribution < 1.29 is 9.18 Å². The van der Waals surface area contributed by atoms with Crippen LogP contribution in [0.5, 0.6) is 0 Å². The van der Waals surface area contributed by atoms with Crippen LogP contribution < -0.4 is 10.2 Å². The van der Waals surface area contributed by atoms with Gasteiger partial charge in [-0.1, -0.05) is 11.6 Å². The predicted molar refractivity (Wildman–Crippen MR) is 56.6 cm³/mol. The lowest BCUT2D eigenvalue weighted by Gasteiger charge is -2.28. The molecule has 0 saturated carbocycles. The number of nitrogens with zero attached hydrogens (tertiary/aromatic N) is 1. The lowest BCUT2D eigenvalue weighted by Crippen LogP contribution is -2.48. The molecule has 0 atom stereocenters. The quantitative estimate of drug-likeness (QED) is 0.789. The van der Waals surface area contributed by atoms with Crippen LogP contribution in [0, 0.1) is 5.82 Å². The Morgan fingerprint density at radius 1 is 1.47 bits per heavy atom. The van der Waals surface area contributed by atoms with Gasteiger partial charge in [0.05, 0.1) is 17.3 Å². The van der Waals surface area contributed by atoms with Crippen molar-refractivity contribution >= 4 is 23.2 Å². The van der Waals surface area contributed by atoms with Crippen LogP contribution in [0.25, 0.3) is 0 Å². The van der Waals surface area contributed by atoms with Gasteiger partial charge in [0.25, 0.3) is 0 Å². The van der Waals surface area contributed by atoms with E-state index in [0.717, 1.165) is 6.54 Å². The molecule has 3 nitrogen and oxygen atoms in total. The maximum atomic E-state index is 12.8. The average molecular weight is 229 g/mol. The van der Waals surface area contributed by atoms with Crippen LogP contribution in [0.3, 0.4) is 0 Å². The van der Waals surface area contributed by atoms with Gasteiger partial charge in [-0.3, -0.25) is 4.79 Å². The zero-order chi connectivity index (χ0) is 10.8. The van der Waals surface area contributed by atoms with E-state index in [2.05, 4.69) is 5.32 Å². The Morgan fingerprint density at radius 3 is 2.93 bits per heavy atom. The molecular weight excluding hydrogens is 219 g/mol. The van der Waals surface area contributed by atoms with Gasteiger partial charge in [0.2, 0.25) is 5.91 Å². The number of benzene rings is 1. The molecular formula is C10H10ClFN2O. The number of piperazine rings is 1. The maximum absolute atomic E-state index is 12.8. The molecule has 0 aromatic heterocycles. The number of amides is 1. The highest BCUT2D eigenvalue weighted by molar-refractivity contribution is 6.33. The third kappa shape index (κ3) is 2.11. The number of carbonyl (C=O) groups is 1. The summed E-state index contributed by atoms with van der Waals surface area (Å²) in [7, 11) is 0. The van der Waals surface area contributed by atoms with E-state index < -0.39 is 5.82 Å². The summed E-state index contributed by atoms with van der Waals surface area (Å²) < 4.78 is 12.8. The molecule has 1 N–H and O–H groups in total. The monoisotopic (exact) mass is 228 g/mol. The summed E-state index contributed by atoms with van der Waals surface area (Å²) in [6.45, 7) is 1.58. The first-order valence-corrected chi connectivity index (χ1v) is 5.02. The van der Waals surface area contributed by atoms with E-state index in [1.165, 1.54) is 18.2 Å². The highest BCUT2D eigenvalue weighted by Crippen LogP contribution is 2.26. The second-order valence-electron chi connectivity index (χ2n) is 3.32. The van der Waals surface area contributed by atoms with E-state index in [1.807, 2.05) is 0 Å². The van der Waals surface area contributed by atoms with Crippen molar-refractivity contribution in [2.24, 2.45) is 0 Å². The summed E-state index contributed by atoms with van der Waals surface area (Å²) >= 11 is 5.87. The van der Waals surface area contributed by atoms with Crippen molar-refractivity contribution in [1.82, 2.24) is 5.32 Å². The van der Waals surface area contributed by atoms with Gasteiger partial charge >= 0.3 is 0 Å². The number of carbonyl (C=O) groups excluding carboxylic acids is 1. The van der Waals surface area contributed by atoms with Crippen LogP contribution in [0.15, 0.2) is 18.2 Å². The first-order valence-electron chi connectivity index (χ1n) is 4.64. The van der Waals surface area contributed by atoms with Crippen molar-refractivity contribution in [1.29, 1.82) is 0 Å². The first-order chi connectivity index (χ1) is 7.18. The number of hydrogen-bond acceptors (Lipinski definition) is 2. The number of anilines is 1. The van der Waals surface area contributed by atoms with Crippen molar-refractivity contribution in [3.8, 4) is 0 Å². The van der Waals surface area contributed by atoms with Crippen LogP contribution in [-0.2, 0) is 4.79 Å². The standard InChI is InChI=1S/C10H10ClFN2O/c11-8-5-7(12)1-2-9(8)14-4-3-13-6-10(14)15/h1-2,5,13H,3-4,6H2. The molecule has 0 unspecified atom stereocenters. The second-order valence-corrected chi connectivity index (χ2v) is 3.73. The van der Waals surface area contributed by atoms with Crippen molar-refractivity contribution in [2.45, 2.75) is 0 Å². The highest BCUT2D eigenvalue weighted by atomic mass is 35.5. The predicted octanol–water partition coefficient (Wildman–Crippen LogP) is 1.42. The Bertz CT molecular complexity index is 397. The van der Waals surface area contributed by atoms with Gasteiger partial charge in [-0.05, 0) is 18.2 Å². The first kappa shape index (κ1) is 10.4. The largest absolute Gasteiger partial charge is 0.309 e. The number of nitrogens with one attached hydrogen (secondary N) is 1. The third-order valence-electron chi connectivity index (χ3n) is 2.29. The van der Waals surface area contributed by atoms with Gasteiger partial charge < -0.3 is 10.2 Å². The molecule has 0 radical (unpaired) electrons. The molecule has 1 fully saturated rings. The number of halogens is 2. The summed E-state index contributed by atoms with van der Waals surface area (Å²) in [6.07, 6.45) is 0. The molecule has 1 amide bonds. The van der Waals surface area contributed by atoms with Crippen molar-refractivity contribution in [2.75, 3.05) is 24.5 Å². The molecule has 1 aromatic carbocycles. The molecule has 80 valence electrons. The number of rotatable bonds is 1. The summed E-state index contributed by atoms with van der Waals surface area (Å²) in [5, 5.41) is 3.23.